The highest BCUT2D eigenvalue weighted by Gasteiger charge is 2.47. The molecule has 1 amide bonds. The molecule has 3 aromatic rings. The number of methoxy groups -OCH3 is 1. The average molecular weight is 526 g/mol. The zero-order chi connectivity index (χ0) is 26.4. The monoisotopic (exact) mass is 525 g/mol. The summed E-state index contributed by atoms with van der Waals surface area (Å²) < 4.78 is 5.49. The molecule has 1 saturated heterocycles. The Morgan fingerprint density at radius 3 is 2.19 bits per heavy atom. The minimum atomic E-state index is -0.969. The van der Waals surface area contributed by atoms with Crippen LogP contribution in [0.1, 0.15) is 43.5 Å². The summed E-state index contributed by atoms with van der Waals surface area (Å²) in [6.07, 6.45) is 0. The van der Waals surface area contributed by atoms with Gasteiger partial charge in [-0.3, -0.25) is 14.5 Å². The number of anilines is 1. The van der Waals surface area contributed by atoms with Gasteiger partial charge in [0.2, 0.25) is 0 Å². The Morgan fingerprint density at radius 1 is 0.944 bits per heavy atom. The van der Waals surface area contributed by atoms with E-state index in [0.29, 0.717) is 27.6 Å². The van der Waals surface area contributed by atoms with E-state index in [0.717, 1.165) is 5.56 Å². The van der Waals surface area contributed by atoms with Gasteiger partial charge in [0.1, 0.15) is 17.3 Å². The number of ketones is 1. The van der Waals surface area contributed by atoms with Crippen molar-refractivity contribution in [1.29, 1.82) is 0 Å². The van der Waals surface area contributed by atoms with Crippen LogP contribution in [0.3, 0.4) is 0 Å². The van der Waals surface area contributed by atoms with Gasteiger partial charge in [-0.1, -0.05) is 56.1 Å². The van der Waals surface area contributed by atoms with Gasteiger partial charge in [-0.2, -0.15) is 0 Å². The number of benzene rings is 3. The number of aliphatic hydroxyl groups excluding tert-OH is 1. The number of rotatable bonds is 4. The van der Waals surface area contributed by atoms with E-state index in [1.807, 2.05) is 20.8 Å². The van der Waals surface area contributed by atoms with Crippen molar-refractivity contribution in [2.45, 2.75) is 32.2 Å². The largest absolute Gasteiger partial charge is 0.508 e. The van der Waals surface area contributed by atoms with Crippen molar-refractivity contribution < 1.29 is 24.5 Å². The van der Waals surface area contributed by atoms with Crippen molar-refractivity contribution in [2.75, 3.05) is 12.0 Å². The van der Waals surface area contributed by atoms with E-state index in [1.54, 1.807) is 43.5 Å². The molecule has 1 heterocycles. The lowest BCUT2D eigenvalue weighted by Crippen LogP contribution is -2.29. The summed E-state index contributed by atoms with van der Waals surface area (Å²) >= 11 is 12.3. The molecule has 1 aliphatic heterocycles. The van der Waals surface area contributed by atoms with Gasteiger partial charge in [0, 0.05) is 16.8 Å². The molecule has 4 rings (SSSR count). The van der Waals surface area contributed by atoms with Crippen molar-refractivity contribution >= 4 is 46.3 Å². The topological polar surface area (TPSA) is 87.1 Å². The number of hydrogen-bond acceptors (Lipinski definition) is 5. The fraction of sp³-hybridized carbons (Fsp3) is 0.214. The molecule has 1 fully saturated rings. The van der Waals surface area contributed by atoms with Crippen molar-refractivity contribution in [3.05, 3.63) is 93.0 Å². The molecule has 3 aromatic carbocycles. The molecule has 1 atom stereocenters. The zero-order valence-corrected chi connectivity index (χ0v) is 21.7. The van der Waals surface area contributed by atoms with Crippen LogP contribution < -0.4 is 9.64 Å². The second-order valence-corrected chi connectivity index (χ2v) is 10.3. The van der Waals surface area contributed by atoms with Gasteiger partial charge in [-0.25, -0.2) is 0 Å². The van der Waals surface area contributed by atoms with Crippen LogP contribution in [0.2, 0.25) is 10.0 Å². The maximum Gasteiger partial charge on any atom is 0.300 e. The molecule has 2 N–H and O–H groups in total. The molecule has 0 radical (unpaired) electrons. The van der Waals surface area contributed by atoms with Crippen LogP contribution >= 0.6 is 23.2 Å². The molecule has 1 unspecified atom stereocenters. The van der Waals surface area contributed by atoms with Crippen LogP contribution in [0.4, 0.5) is 5.69 Å². The fourth-order valence-electron chi connectivity index (χ4n) is 4.30. The number of nitrogens with zero attached hydrogens (tertiary/aromatic N) is 1. The lowest BCUT2D eigenvalue weighted by Gasteiger charge is -2.26. The number of phenolic OH excluding ortho intramolecular Hbond substituents is 1. The summed E-state index contributed by atoms with van der Waals surface area (Å²) in [5.74, 6) is -1.31. The second-order valence-electron chi connectivity index (χ2n) is 9.52. The molecule has 36 heavy (non-hydrogen) atoms. The van der Waals surface area contributed by atoms with E-state index in [2.05, 4.69) is 0 Å². The quantitative estimate of drug-likeness (QED) is 0.226. The number of carbonyl (C=O) groups excluding carboxylic acids is 2. The second kappa shape index (κ2) is 9.52. The first-order valence-electron chi connectivity index (χ1n) is 11.2. The number of hydrogen-bond donors (Lipinski definition) is 2. The number of aliphatic hydroxyl groups is 1. The number of Topliss-reactive ketones (excluding diaryl/α,β-unsaturated/α-hetero) is 1. The molecule has 6 nitrogen and oxygen atoms in total. The SMILES string of the molecule is COc1ccc(/C(O)=C2/C(=O)C(=O)N(c3ccc(Cl)c(Cl)c3)C2c2ccc(O)cc2)cc1C(C)(C)C. The number of aromatic hydroxyl groups is 1. The van der Waals surface area contributed by atoms with Crippen molar-refractivity contribution in [1.82, 2.24) is 0 Å². The Kier molecular flexibility index (Phi) is 6.78. The van der Waals surface area contributed by atoms with Gasteiger partial charge in [0.25, 0.3) is 11.7 Å². The minimum absolute atomic E-state index is 0.0233. The number of halogens is 2. The fourth-order valence-corrected chi connectivity index (χ4v) is 4.59. The zero-order valence-electron chi connectivity index (χ0n) is 20.2. The Balaban J connectivity index is 1.96. The number of phenols is 1. The molecular weight excluding hydrogens is 501 g/mol. The highest BCUT2D eigenvalue weighted by atomic mass is 35.5. The van der Waals surface area contributed by atoms with E-state index >= 15 is 0 Å². The first-order valence-corrected chi connectivity index (χ1v) is 11.9. The summed E-state index contributed by atoms with van der Waals surface area (Å²) in [6, 6.07) is 14.9. The van der Waals surface area contributed by atoms with E-state index in [9.17, 15) is 19.8 Å². The van der Waals surface area contributed by atoms with Crippen LogP contribution in [0, 0.1) is 0 Å². The minimum Gasteiger partial charge on any atom is -0.508 e. The van der Waals surface area contributed by atoms with Crippen molar-refractivity contribution in [3.63, 3.8) is 0 Å². The standard InChI is InChI=1S/C28H25Cl2NO5/c1-28(2,3)19-13-16(7-12-22(19)36-4)25(33)23-24(15-5-9-18(32)10-6-15)31(27(35)26(23)34)17-8-11-20(29)21(30)14-17/h5-14,24,32-33H,1-4H3/b25-23-. The van der Waals surface area contributed by atoms with Crippen LogP contribution in [-0.2, 0) is 15.0 Å². The summed E-state index contributed by atoms with van der Waals surface area (Å²) in [5.41, 5.74) is 1.66. The highest BCUT2D eigenvalue weighted by molar-refractivity contribution is 6.52. The first-order chi connectivity index (χ1) is 16.9. The maximum absolute atomic E-state index is 13.4. The van der Waals surface area contributed by atoms with Gasteiger partial charge in [-0.15, -0.1) is 0 Å². The Bertz CT molecular complexity index is 1390. The van der Waals surface area contributed by atoms with Crippen molar-refractivity contribution in [2.24, 2.45) is 0 Å². The highest BCUT2D eigenvalue weighted by Crippen LogP contribution is 2.44. The van der Waals surface area contributed by atoms with Gasteiger partial charge in [-0.05, 0) is 59.5 Å². The molecule has 0 spiro atoms. The molecule has 0 saturated carbocycles. The Hall–Kier alpha value is -3.48. The summed E-state index contributed by atoms with van der Waals surface area (Å²) in [7, 11) is 1.57. The molecule has 8 heteroatoms. The van der Waals surface area contributed by atoms with E-state index in [1.165, 1.54) is 29.2 Å². The molecular formula is C28H25Cl2NO5. The third kappa shape index (κ3) is 4.54. The Morgan fingerprint density at radius 2 is 1.61 bits per heavy atom. The average Bonchev–Trinajstić information content (AvgIpc) is 3.10. The molecule has 0 aromatic heterocycles. The van der Waals surface area contributed by atoms with Crippen molar-refractivity contribution in [3.8, 4) is 11.5 Å². The van der Waals surface area contributed by atoms with Gasteiger partial charge in [0.05, 0.1) is 28.8 Å². The summed E-state index contributed by atoms with van der Waals surface area (Å²) in [4.78, 5) is 28.0. The molecule has 1 aliphatic rings. The third-order valence-electron chi connectivity index (χ3n) is 6.12. The number of carbonyl (C=O) groups is 2. The van der Waals surface area contributed by atoms with Crippen LogP contribution in [0.5, 0.6) is 11.5 Å². The molecule has 186 valence electrons. The summed E-state index contributed by atoms with van der Waals surface area (Å²) in [5, 5.41) is 21.8. The third-order valence-corrected chi connectivity index (χ3v) is 6.85. The van der Waals surface area contributed by atoms with E-state index < -0.39 is 17.7 Å². The first kappa shape index (κ1) is 25.6. The Labute approximate surface area is 219 Å². The van der Waals surface area contributed by atoms with Crippen LogP contribution in [0.15, 0.2) is 66.2 Å². The smallest absolute Gasteiger partial charge is 0.300 e. The lowest BCUT2D eigenvalue weighted by atomic mass is 9.84. The maximum atomic E-state index is 13.4. The van der Waals surface area contributed by atoms with E-state index in [4.69, 9.17) is 27.9 Å². The number of ether oxygens (including phenoxy) is 1. The normalized spacial score (nSPS) is 17.5. The van der Waals surface area contributed by atoms with Gasteiger partial charge < -0.3 is 14.9 Å². The van der Waals surface area contributed by atoms with Gasteiger partial charge in [0.15, 0.2) is 0 Å². The van der Waals surface area contributed by atoms with Crippen LogP contribution in [-0.4, -0.2) is 29.0 Å². The van der Waals surface area contributed by atoms with E-state index in [-0.39, 0.29) is 27.5 Å². The van der Waals surface area contributed by atoms with Gasteiger partial charge >= 0.3 is 0 Å². The predicted molar refractivity (Wildman–Crippen MR) is 141 cm³/mol. The molecule has 0 bridgehead atoms. The summed E-state index contributed by atoms with van der Waals surface area (Å²) in [6.45, 7) is 6.02. The number of amides is 1. The van der Waals surface area contributed by atoms with Crippen LogP contribution in [0.25, 0.3) is 5.76 Å². The molecule has 0 aliphatic carbocycles. The predicted octanol–water partition coefficient (Wildman–Crippen LogP) is 6.63. The lowest BCUT2D eigenvalue weighted by molar-refractivity contribution is -0.132.